The third-order valence-electron chi connectivity index (χ3n) is 9.42. The minimum atomic E-state index is -0.480. The Morgan fingerprint density at radius 3 is 2.58 bits per heavy atom. The number of nitrogens with one attached hydrogen (secondary N) is 1. The van der Waals surface area contributed by atoms with Crippen LogP contribution >= 0.6 is 0 Å². The van der Waals surface area contributed by atoms with Gasteiger partial charge in [-0.15, -0.1) is 0 Å². The second-order valence-electron chi connectivity index (χ2n) is 13.9. The number of carbonyl (C=O) groups is 1. The van der Waals surface area contributed by atoms with Gasteiger partial charge in [0.2, 0.25) is 0 Å². The normalized spacial score (nSPS) is 18.3. The number of ether oxygens (including phenoxy) is 1. The summed E-state index contributed by atoms with van der Waals surface area (Å²) in [6.07, 6.45) is 3.73. The molecule has 2 aromatic heterocycles. The number of hydrogen-bond acceptors (Lipinski definition) is 6. The van der Waals surface area contributed by atoms with Gasteiger partial charge < -0.3 is 14.5 Å². The van der Waals surface area contributed by atoms with Crippen LogP contribution in [0.4, 0.5) is 10.6 Å². The van der Waals surface area contributed by atoms with E-state index in [1.807, 2.05) is 31.9 Å². The minimum Gasteiger partial charge on any atom is -0.444 e. The first-order chi connectivity index (χ1) is 20.6. The van der Waals surface area contributed by atoms with Crippen molar-refractivity contribution in [1.29, 1.82) is 0 Å². The number of H-pyrrole nitrogens is 1. The number of pyridine rings is 1. The molecular weight excluding hydrogens is 536 g/mol. The highest BCUT2D eigenvalue weighted by molar-refractivity contribution is 5.98. The number of anilines is 1. The summed E-state index contributed by atoms with van der Waals surface area (Å²) < 4.78 is 5.64. The number of nitrogens with zero attached hydrogens (tertiary/aromatic N) is 5. The van der Waals surface area contributed by atoms with Gasteiger partial charge in [0.25, 0.3) is 0 Å². The summed E-state index contributed by atoms with van der Waals surface area (Å²) in [4.78, 5) is 25.0. The molecule has 2 aromatic carbocycles. The number of aromatic nitrogens is 3. The van der Waals surface area contributed by atoms with Gasteiger partial charge >= 0.3 is 6.09 Å². The minimum absolute atomic E-state index is 0.0970. The van der Waals surface area contributed by atoms with Crippen molar-refractivity contribution in [1.82, 2.24) is 25.0 Å². The fourth-order valence-corrected chi connectivity index (χ4v) is 7.38. The predicted molar refractivity (Wildman–Crippen MR) is 170 cm³/mol. The summed E-state index contributed by atoms with van der Waals surface area (Å²) in [7, 11) is 0. The Kier molecular flexibility index (Phi) is 6.73. The smallest absolute Gasteiger partial charge is 0.410 e. The van der Waals surface area contributed by atoms with Crippen molar-refractivity contribution in [2.75, 3.05) is 37.6 Å². The number of amides is 1. The first-order valence-corrected chi connectivity index (χ1v) is 15.5. The van der Waals surface area contributed by atoms with Crippen molar-refractivity contribution in [3.05, 3.63) is 76.6 Å². The van der Waals surface area contributed by atoms with Crippen LogP contribution in [0.3, 0.4) is 0 Å². The molecule has 3 aliphatic heterocycles. The van der Waals surface area contributed by atoms with E-state index in [2.05, 4.69) is 76.3 Å². The second-order valence-corrected chi connectivity index (χ2v) is 13.9. The maximum absolute atomic E-state index is 12.7. The lowest BCUT2D eigenvalue weighted by atomic mass is 9.79. The van der Waals surface area contributed by atoms with E-state index in [0.717, 1.165) is 75.4 Å². The van der Waals surface area contributed by atoms with Crippen LogP contribution < -0.4 is 4.90 Å². The van der Waals surface area contributed by atoms with Crippen molar-refractivity contribution >= 4 is 22.8 Å². The standard InChI is InChI=1S/C35H42N6O2/c1-23-11-12-26-17-36-38-31(26)29(23)30-24(2)32(37-28-19-39(15-13-27(28)30)18-25-9-7-6-8-10-25)40-16-14-35(20-40)21-41(22-35)33(42)43-34(3,4)5/h6-12,17H,13-16,18-22H2,1-5H3,(H,36,38). The molecule has 1 N–H and O–H groups in total. The lowest BCUT2D eigenvalue weighted by Crippen LogP contribution is -2.60. The van der Waals surface area contributed by atoms with Crippen LogP contribution in [0.25, 0.3) is 22.0 Å². The summed E-state index contributed by atoms with van der Waals surface area (Å²) in [6.45, 7) is 16.3. The number of fused-ring (bicyclic) bond motifs is 2. The topological polar surface area (TPSA) is 77.6 Å². The number of benzene rings is 2. The number of aryl methyl sites for hydroxylation is 1. The van der Waals surface area contributed by atoms with Gasteiger partial charge in [0.05, 0.1) is 17.4 Å². The Morgan fingerprint density at radius 1 is 1.02 bits per heavy atom. The van der Waals surface area contributed by atoms with E-state index in [-0.39, 0.29) is 11.5 Å². The second kappa shape index (κ2) is 10.4. The van der Waals surface area contributed by atoms with Gasteiger partial charge in [-0.2, -0.15) is 5.10 Å². The monoisotopic (exact) mass is 578 g/mol. The summed E-state index contributed by atoms with van der Waals surface area (Å²) in [6, 6.07) is 15.1. The first-order valence-electron chi connectivity index (χ1n) is 15.5. The third kappa shape index (κ3) is 5.16. The van der Waals surface area contributed by atoms with Gasteiger partial charge in [0, 0.05) is 62.2 Å². The fraction of sp³-hybridized carbons (Fsp3) is 0.457. The Hall–Kier alpha value is -3.91. The highest BCUT2D eigenvalue weighted by Gasteiger charge is 2.51. The largest absolute Gasteiger partial charge is 0.444 e. The molecule has 1 amide bonds. The Morgan fingerprint density at radius 2 is 1.81 bits per heavy atom. The Labute approximate surface area is 254 Å². The van der Waals surface area contributed by atoms with E-state index in [1.54, 1.807) is 0 Å². The van der Waals surface area contributed by atoms with Gasteiger partial charge in [0.1, 0.15) is 11.4 Å². The summed E-state index contributed by atoms with van der Waals surface area (Å²) in [5.74, 6) is 1.08. The average molecular weight is 579 g/mol. The van der Waals surface area contributed by atoms with E-state index in [1.165, 1.54) is 39.1 Å². The fourth-order valence-electron chi connectivity index (χ4n) is 7.38. The number of carbonyl (C=O) groups excluding carboxylic acids is 1. The molecule has 8 heteroatoms. The quantitative estimate of drug-likeness (QED) is 0.309. The predicted octanol–water partition coefficient (Wildman–Crippen LogP) is 6.25. The van der Waals surface area contributed by atoms with Gasteiger partial charge in [-0.25, -0.2) is 9.78 Å². The molecule has 224 valence electrons. The molecule has 7 rings (SSSR count). The molecule has 0 bridgehead atoms. The van der Waals surface area contributed by atoms with Crippen molar-refractivity contribution in [3.63, 3.8) is 0 Å². The highest BCUT2D eigenvalue weighted by atomic mass is 16.6. The van der Waals surface area contributed by atoms with Crippen LogP contribution in [0.1, 0.15) is 55.1 Å². The van der Waals surface area contributed by atoms with E-state index >= 15 is 0 Å². The third-order valence-corrected chi connectivity index (χ3v) is 9.42. The molecule has 1 spiro atoms. The SMILES string of the molecule is Cc1ccc2cn[nH]c2c1-c1c(C)c(N2CCC3(CN(C(=O)OC(C)(C)C)C3)C2)nc2c1CCN(Cc1ccccc1)C2. The van der Waals surface area contributed by atoms with Crippen LogP contribution in [0.2, 0.25) is 0 Å². The van der Waals surface area contributed by atoms with E-state index < -0.39 is 5.60 Å². The molecule has 0 atom stereocenters. The van der Waals surface area contributed by atoms with Gasteiger partial charge in [0.15, 0.2) is 0 Å². The van der Waals surface area contributed by atoms with E-state index in [4.69, 9.17) is 9.72 Å². The molecule has 3 aliphatic rings. The number of hydrogen-bond donors (Lipinski definition) is 1. The maximum Gasteiger partial charge on any atom is 0.410 e. The van der Waals surface area contributed by atoms with Gasteiger partial charge in [-0.05, 0) is 75.3 Å². The molecule has 0 unspecified atom stereocenters. The molecule has 43 heavy (non-hydrogen) atoms. The lowest BCUT2D eigenvalue weighted by molar-refractivity contribution is -0.0266. The Balaban J connectivity index is 1.24. The lowest BCUT2D eigenvalue weighted by Gasteiger charge is -2.47. The van der Waals surface area contributed by atoms with Crippen molar-refractivity contribution < 1.29 is 9.53 Å². The van der Waals surface area contributed by atoms with Gasteiger partial charge in [-0.3, -0.25) is 10.00 Å². The zero-order chi connectivity index (χ0) is 29.9. The first kappa shape index (κ1) is 27.9. The van der Waals surface area contributed by atoms with Crippen LogP contribution in [0.15, 0.2) is 48.7 Å². The van der Waals surface area contributed by atoms with Crippen LogP contribution in [0.5, 0.6) is 0 Å². The highest BCUT2D eigenvalue weighted by Crippen LogP contribution is 2.45. The summed E-state index contributed by atoms with van der Waals surface area (Å²) in [5, 5.41) is 8.85. The van der Waals surface area contributed by atoms with Crippen molar-refractivity contribution in [3.8, 4) is 11.1 Å². The Bertz CT molecular complexity index is 1680. The molecule has 0 radical (unpaired) electrons. The van der Waals surface area contributed by atoms with Crippen LogP contribution in [0, 0.1) is 19.3 Å². The van der Waals surface area contributed by atoms with Crippen LogP contribution in [-0.2, 0) is 24.2 Å². The zero-order valence-corrected chi connectivity index (χ0v) is 26.0. The molecule has 2 fully saturated rings. The average Bonchev–Trinajstić information content (AvgIpc) is 3.60. The molecular formula is C35H42N6O2. The van der Waals surface area contributed by atoms with Crippen molar-refractivity contribution in [2.24, 2.45) is 5.41 Å². The summed E-state index contributed by atoms with van der Waals surface area (Å²) in [5.41, 5.74) is 9.64. The molecule has 0 aliphatic carbocycles. The summed E-state index contributed by atoms with van der Waals surface area (Å²) >= 11 is 0. The molecule has 0 saturated carbocycles. The van der Waals surface area contributed by atoms with E-state index in [9.17, 15) is 4.79 Å². The zero-order valence-electron chi connectivity index (χ0n) is 26.0. The molecule has 5 heterocycles. The number of aromatic amines is 1. The molecule has 8 nitrogen and oxygen atoms in total. The molecule has 2 saturated heterocycles. The number of rotatable bonds is 4. The van der Waals surface area contributed by atoms with Gasteiger partial charge in [-0.1, -0.05) is 42.5 Å². The van der Waals surface area contributed by atoms with Crippen LogP contribution in [-0.4, -0.2) is 69.4 Å². The van der Waals surface area contributed by atoms with E-state index in [0.29, 0.717) is 0 Å². The maximum atomic E-state index is 12.7. The van der Waals surface area contributed by atoms with Crippen molar-refractivity contribution in [2.45, 2.75) is 66.2 Å². The molecule has 4 aromatic rings. The number of likely N-dealkylation sites (tertiary alicyclic amines) is 1.